The molecule has 1 fully saturated rings. The number of pyridine rings is 2. The van der Waals surface area contributed by atoms with Crippen LogP contribution < -0.4 is 15.0 Å². The molecular weight excluding hydrogens is 563 g/mol. The van der Waals surface area contributed by atoms with Crippen LogP contribution in [0.25, 0.3) is 11.4 Å². The molecule has 2 aliphatic heterocycles. The average molecular weight is 589 g/mol. The Kier molecular flexibility index (Phi) is 5.72. The maximum absolute atomic E-state index is 14.5. The van der Waals surface area contributed by atoms with Crippen LogP contribution in [0.15, 0.2) is 42.7 Å². The Hall–Kier alpha value is -3.95. The van der Waals surface area contributed by atoms with Gasteiger partial charge in [-0.15, -0.1) is 0 Å². The van der Waals surface area contributed by atoms with Crippen molar-refractivity contribution < 1.29 is 14.3 Å². The van der Waals surface area contributed by atoms with Crippen LogP contribution in [-0.4, -0.2) is 38.4 Å². The zero-order valence-corrected chi connectivity index (χ0v) is 24.3. The Labute approximate surface area is 246 Å². The molecule has 3 aliphatic rings. The highest BCUT2D eigenvalue weighted by atomic mass is 35.5. The number of anilines is 2. The van der Waals surface area contributed by atoms with Crippen molar-refractivity contribution in [2.75, 3.05) is 17.3 Å². The van der Waals surface area contributed by atoms with Crippen molar-refractivity contribution in [3.63, 3.8) is 0 Å². The van der Waals surface area contributed by atoms with Gasteiger partial charge in [0.05, 0.1) is 34.8 Å². The fourth-order valence-corrected chi connectivity index (χ4v) is 6.44. The number of ether oxygens (including phenoxy) is 1. The van der Waals surface area contributed by atoms with Crippen LogP contribution in [0, 0.1) is 6.92 Å². The minimum absolute atomic E-state index is 0.166. The molecule has 1 aliphatic carbocycles. The summed E-state index contributed by atoms with van der Waals surface area (Å²) in [5.74, 6) is 0.714. The highest BCUT2D eigenvalue weighted by Gasteiger charge is 2.64. The molecule has 41 heavy (non-hydrogen) atoms. The lowest BCUT2D eigenvalue weighted by atomic mass is 9.87. The van der Waals surface area contributed by atoms with Gasteiger partial charge in [-0.25, -0.2) is 4.98 Å². The van der Waals surface area contributed by atoms with Crippen molar-refractivity contribution in [3.05, 3.63) is 81.1 Å². The number of imidazole rings is 1. The summed E-state index contributed by atoms with van der Waals surface area (Å²) >= 11 is 12.7. The number of nitrogens with one attached hydrogen (secondary N) is 1. The summed E-state index contributed by atoms with van der Waals surface area (Å²) in [5, 5.41) is 3.78. The van der Waals surface area contributed by atoms with Crippen LogP contribution >= 0.6 is 23.2 Å². The minimum atomic E-state index is -1.59. The van der Waals surface area contributed by atoms with E-state index in [1.165, 1.54) is 11.1 Å². The lowest BCUT2D eigenvalue weighted by Gasteiger charge is -2.36. The number of methoxy groups -OCH3 is 1. The van der Waals surface area contributed by atoms with Crippen LogP contribution in [0.5, 0.6) is 5.75 Å². The molecule has 1 atom stereocenters. The number of amides is 2. The maximum Gasteiger partial charge on any atom is 0.280 e. The predicted molar refractivity (Wildman–Crippen MR) is 156 cm³/mol. The summed E-state index contributed by atoms with van der Waals surface area (Å²) in [5.41, 5.74) is 2.72. The number of hydrogen-bond acceptors (Lipinski definition) is 6. The number of carbonyl (C=O) groups is 2. The lowest BCUT2D eigenvalue weighted by Crippen LogP contribution is -2.51. The molecule has 11 heteroatoms. The molecule has 1 saturated carbocycles. The van der Waals surface area contributed by atoms with E-state index in [4.69, 9.17) is 37.9 Å². The fraction of sp³-hybridized carbons (Fsp3) is 0.300. The third-order valence-electron chi connectivity index (χ3n) is 8.07. The first-order chi connectivity index (χ1) is 19.7. The van der Waals surface area contributed by atoms with E-state index in [1.54, 1.807) is 44.5 Å². The van der Waals surface area contributed by atoms with Crippen LogP contribution in [0.1, 0.15) is 71.8 Å². The van der Waals surface area contributed by atoms with E-state index in [0.717, 1.165) is 18.5 Å². The topological polar surface area (TPSA) is 102 Å². The molecule has 2 amide bonds. The molecule has 208 valence electrons. The van der Waals surface area contributed by atoms with Gasteiger partial charge in [0, 0.05) is 52.4 Å². The zero-order valence-electron chi connectivity index (χ0n) is 22.8. The van der Waals surface area contributed by atoms with E-state index >= 15 is 0 Å². The first-order valence-electron chi connectivity index (χ1n) is 13.4. The third kappa shape index (κ3) is 3.58. The number of carbonyl (C=O) groups excluding carboxylic acids is 2. The molecule has 0 radical (unpaired) electrons. The molecule has 5 heterocycles. The minimum Gasteiger partial charge on any atom is -0.496 e. The predicted octanol–water partition coefficient (Wildman–Crippen LogP) is 6.28. The highest BCUT2D eigenvalue weighted by Crippen LogP contribution is 2.55. The SMILES string of the molecule is COc1cc(C2CC2)ncc1-c1nc2c(n1C(C)C)[C@]1(C(=O)Nc3cc(Cl)ccc31)N(c1cc(Cl)cnc1C)C2=O. The summed E-state index contributed by atoms with van der Waals surface area (Å²) in [6, 6.07) is 8.59. The molecular formula is C30H26Cl2N6O3. The van der Waals surface area contributed by atoms with Crippen molar-refractivity contribution in [3.8, 4) is 17.1 Å². The second-order valence-electron chi connectivity index (χ2n) is 10.9. The normalized spacial score (nSPS) is 19.2. The van der Waals surface area contributed by atoms with Gasteiger partial charge in [0.2, 0.25) is 0 Å². The molecule has 0 unspecified atom stereocenters. The number of aromatic nitrogens is 4. The van der Waals surface area contributed by atoms with Gasteiger partial charge in [0.15, 0.2) is 11.2 Å². The van der Waals surface area contributed by atoms with Crippen LogP contribution in [-0.2, 0) is 10.3 Å². The largest absolute Gasteiger partial charge is 0.496 e. The van der Waals surface area contributed by atoms with Gasteiger partial charge in [-0.05, 0) is 51.8 Å². The first-order valence-corrected chi connectivity index (χ1v) is 14.2. The number of rotatable bonds is 5. The van der Waals surface area contributed by atoms with Crippen LogP contribution in [0.2, 0.25) is 10.0 Å². The maximum atomic E-state index is 14.5. The van der Waals surface area contributed by atoms with Crippen molar-refractivity contribution in [1.82, 2.24) is 19.5 Å². The number of halogens is 2. The number of fused-ring (bicyclic) bond motifs is 4. The number of aryl methyl sites for hydroxylation is 1. The van der Waals surface area contributed by atoms with E-state index in [-0.39, 0.29) is 11.7 Å². The van der Waals surface area contributed by atoms with Gasteiger partial charge in [-0.1, -0.05) is 29.3 Å². The molecule has 9 nitrogen and oxygen atoms in total. The third-order valence-corrected chi connectivity index (χ3v) is 8.51. The van der Waals surface area contributed by atoms with Crippen molar-refractivity contribution in [2.24, 2.45) is 0 Å². The summed E-state index contributed by atoms with van der Waals surface area (Å²) < 4.78 is 7.75. The van der Waals surface area contributed by atoms with E-state index in [9.17, 15) is 9.59 Å². The van der Waals surface area contributed by atoms with Crippen LogP contribution in [0.4, 0.5) is 11.4 Å². The molecule has 0 bridgehead atoms. The molecule has 1 aromatic carbocycles. The lowest BCUT2D eigenvalue weighted by molar-refractivity contribution is -0.119. The number of benzene rings is 1. The second-order valence-corrected chi connectivity index (χ2v) is 11.8. The van der Waals surface area contributed by atoms with Crippen molar-refractivity contribution in [1.29, 1.82) is 0 Å². The quantitative estimate of drug-likeness (QED) is 0.294. The Morgan fingerprint density at radius 2 is 1.85 bits per heavy atom. The van der Waals surface area contributed by atoms with E-state index < -0.39 is 17.4 Å². The zero-order chi connectivity index (χ0) is 28.8. The summed E-state index contributed by atoms with van der Waals surface area (Å²) in [7, 11) is 1.61. The molecule has 1 spiro atoms. The van der Waals surface area contributed by atoms with Gasteiger partial charge < -0.3 is 14.6 Å². The standard InChI is InChI=1S/C30H26Cl2N6O3/c1-14(2)37-26-25(36-27(37)19-13-34-21(16-5-6-16)11-24(19)41-4)28(39)38(23-10-18(32)12-33-15(23)3)30(26)20-8-7-17(31)9-22(20)35-29(30)40/h7-14,16H,5-6H2,1-4H3,(H,35,40)/t30-/m1/s1. The van der Waals surface area contributed by atoms with Crippen molar-refractivity contribution >= 4 is 46.4 Å². The second kappa shape index (κ2) is 9.03. The van der Waals surface area contributed by atoms with Crippen molar-refractivity contribution in [2.45, 2.75) is 51.1 Å². The Balaban J connectivity index is 1.55. The Bertz CT molecular complexity index is 1800. The van der Waals surface area contributed by atoms with E-state index in [1.807, 2.05) is 24.5 Å². The van der Waals surface area contributed by atoms with Gasteiger partial charge in [-0.2, -0.15) is 0 Å². The summed E-state index contributed by atoms with van der Waals surface area (Å²) in [6.07, 6.45) is 5.48. The number of hydrogen-bond donors (Lipinski definition) is 1. The van der Waals surface area contributed by atoms with Gasteiger partial charge in [0.1, 0.15) is 11.6 Å². The molecule has 3 aromatic heterocycles. The van der Waals surface area contributed by atoms with Gasteiger partial charge in [-0.3, -0.25) is 24.5 Å². The van der Waals surface area contributed by atoms with Gasteiger partial charge in [0.25, 0.3) is 11.8 Å². The molecule has 7 rings (SSSR count). The Morgan fingerprint density at radius 3 is 2.56 bits per heavy atom. The van der Waals surface area contributed by atoms with Crippen LogP contribution in [0.3, 0.4) is 0 Å². The van der Waals surface area contributed by atoms with Gasteiger partial charge >= 0.3 is 0 Å². The fourth-order valence-electron chi connectivity index (χ4n) is 6.12. The smallest absolute Gasteiger partial charge is 0.280 e. The highest BCUT2D eigenvalue weighted by molar-refractivity contribution is 6.32. The molecule has 1 N–H and O–H groups in total. The Morgan fingerprint density at radius 1 is 1.07 bits per heavy atom. The first kappa shape index (κ1) is 26.0. The summed E-state index contributed by atoms with van der Waals surface area (Å²) in [6.45, 7) is 5.76. The summed E-state index contributed by atoms with van der Waals surface area (Å²) in [4.78, 5) is 44.4. The average Bonchev–Trinajstić information content (AvgIpc) is 3.59. The van der Waals surface area contributed by atoms with E-state index in [2.05, 4.69) is 10.3 Å². The monoisotopic (exact) mass is 588 g/mol. The van der Waals surface area contributed by atoms with E-state index in [0.29, 0.717) is 61.4 Å². The number of nitrogens with zero attached hydrogens (tertiary/aromatic N) is 5. The molecule has 4 aromatic rings. The molecule has 0 saturated heterocycles.